The van der Waals surface area contributed by atoms with Gasteiger partial charge in [0, 0.05) is 16.7 Å². The lowest BCUT2D eigenvalue weighted by Gasteiger charge is -2.34. The van der Waals surface area contributed by atoms with Crippen LogP contribution in [-0.4, -0.2) is 23.0 Å². The SMILES string of the molecule is c1ccc(-c2nc(-c3ccccc3)nc(-c3cccc(-c4ccc5c(c4)c4ccccc4c4ccc([Si](c6ccccc6)(c6ccccc6)c6ccccc6)cc45)c3)n2)cc1. The molecule has 0 unspecified atom stereocenters. The first kappa shape index (κ1) is 36.3. The van der Waals surface area contributed by atoms with Gasteiger partial charge in [-0.15, -0.1) is 0 Å². The molecular weight excluding hydrogens is 755 g/mol. The highest BCUT2D eigenvalue weighted by Gasteiger charge is 2.41. The van der Waals surface area contributed by atoms with E-state index in [1.807, 2.05) is 60.7 Å². The first-order valence-electron chi connectivity index (χ1n) is 20.8. The molecule has 4 heteroatoms. The molecule has 286 valence electrons. The molecule has 0 radical (unpaired) electrons. The van der Waals surface area contributed by atoms with Crippen molar-refractivity contribution >= 4 is 61.1 Å². The van der Waals surface area contributed by atoms with Gasteiger partial charge in [-0.3, -0.25) is 0 Å². The molecule has 1 heterocycles. The van der Waals surface area contributed by atoms with E-state index in [1.54, 1.807) is 0 Å². The maximum atomic E-state index is 5.03. The van der Waals surface area contributed by atoms with Gasteiger partial charge in [-0.25, -0.2) is 15.0 Å². The highest BCUT2D eigenvalue weighted by atomic mass is 28.3. The van der Waals surface area contributed by atoms with Gasteiger partial charge in [0.15, 0.2) is 25.5 Å². The lowest BCUT2D eigenvalue weighted by Crippen LogP contribution is -2.74. The molecule has 0 fully saturated rings. The summed E-state index contributed by atoms with van der Waals surface area (Å²) < 4.78 is 0. The van der Waals surface area contributed by atoms with Crippen LogP contribution >= 0.6 is 0 Å². The van der Waals surface area contributed by atoms with Crippen molar-refractivity contribution in [1.29, 1.82) is 0 Å². The Morgan fingerprint density at radius 1 is 0.213 bits per heavy atom. The summed E-state index contributed by atoms with van der Waals surface area (Å²) in [6, 6.07) is 85.5. The molecule has 1 aromatic heterocycles. The Morgan fingerprint density at radius 3 is 1.11 bits per heavy atom. The third kappa shape index (κ3) is 6.42. The van der Waals surface area contributed by atoms with Crippen molar-refractivity contribution in [3.8, 4) is 45.3 Å². The van der Waals surface area contributed by atoms with Crippen molar-refractivity contribution in [1.82, 2.24) is 15.0 Å². The Kier molecular flexibility index (Phi) is 9.18. The molecule has 0 aliphatic rings. The monoisotopic (exact) mass is 793 g/mol. The Morgan fingerprint density at radius 2 is 0.574 bits per heavy atom. The van der Waals surface area contributed by atoms with E-state index in [-0.39, 0.29) is 0 Å². The van der Waals surface area contributed by atoms with Crippen molar-refractivity contribution in [2.75, 3.05) is 0 Å². The summed E-state index contributed by atoms with van der Waals surface area (Å²) in [6.45, 7) is 0. The molecule has 11 aromatic rings. The van der Waals surface area contributed by atoms with Crippen LogP contribution < -0.4 is 20.7 Å². The second-order valence-corrected chi connectivity index (χ2v) is 19.3. The molecule has 0 aliphatic carbocycles. The third-order valence-corrected chi connectivity index (χ3v) is 16.8. The molecule has 0 spiro atoms. The van der Waals surface area contributed by atoms with Gasteiger partial charge in [-0.1, -0.05) is 224 Å². The summed E-state index contributed by atoms with van der Waals surface area (Å²) in [5, 5.41) is 12.9. The predicted octanol–water partition coefficient (Wildman–Crippen LogP) is 11.4. The van der Waals surface area contributed by atoms with Crippen LogP contribution in [0.25, 0.3) is 77.6 Å². The number of hydrogen-bond acceptors (Lipinski definition) is 3. The van der Waals surface area contributed by atoms with Crippen LogP contribution in [0.15, 0.2) is 237 Å². The Bertz CT molecular complexity index is 3180. The van der Waals surface area contributed by atoms with Crippen LogP contribution in [0.4, 0.5) is 0 Å². The fraction of sp³-hybridized carbons (Fsp3) is 0. The second kappa shape index (κ2) is 15.4. The lowest BCUT2D eigenvalue weighted by molar-refractivity contribution is 1.07. The molecule has 0 bridgehead atoms. The van der Waals surface area contributed by atoms with E-state index in [9.17, 15) is 0 Å². The lowest BCUT2D eigenvalue weighted by atomic mass is 9.92. The second-order valence-electron chi connectivity index (χ2n) is 15.5. The fourth-order valence-electron chi connectivity index (χ4n) is 9.21. The zero-order valence-electron chi connectivity index (χ0n) is 33.4. The molecular formula is C57H39N3Si. The summed E-state index contributed by atoms with van der Waals surface area (Å²) in [6.07, 6.45) is 0. The van der Waals surface area contributed by atoms with Gasteiger partial charge in [0.2, 0.25) is 0 Å². The highest BCUT2D eigenvalue weighted by Crippen LogP contribution is 2.38. The number of rotatable bonds is 8. The van der Waals surface area contributed by atoms with Crippen LogP contribution in [0.1, 0.15) is 0 Å². The van der Waals surface area contributed by atoms with Crippen molar-refractivity contribution in [2.24, 2.45) is 0 Å². The van der Waals surface area contributed by atoms with Gasteiger partial charge in [0.1, 0.15) is 0 Å². The van der Waals surface area contributed by atoms with Gasteiger partial charge in [0.05, 0.1) is 0 Å². The van der Waals surface area contributed by atoms with E-state index in [0.717, 1.165) is 27.8 Å². The van der Waals surface area contributed by atoms with E-state index < -0.39 is 8.07 Å². The first-order valence-corrected chi connectivity index (χ1v) is 22.8. The third-order valence-electron chi connectivity index (χ3n) is 12.0. The number of aromatic nitrogens is 3. The van der Waals surface area contributed by atoms with Crippen LogP contribution in [0.3, 0.4) is 0 Å². The zero-order valence-corrected chi connectivity index (χ0v) is 34.4. The van der Waals surface area contributed by atoms with Crippen molar-refractivity contribution in [3.63, 3.8) is 0 Å². The van der Waals surface area contributed by atoms with E-state index in [2.05, 4.69) is 176 Å². The number of fused-ring (bicyclic) bond motifs is 6. The van der Waals surface area contributed by atoms with Gasteiger partial charge >= 0.3 is 0 Å². The maximum Gasteiger partial charge on any atom is 0.179 e. The van der Waals surface area contributed by atoms with E-state index in [4.69, 9.17) is 15.0 Å². The van der Waals surface area contributed by atoms with Crippen molar-refractivity contribution < 1.29 is 0 Å². The van der Waals surface area contributed by atoms with Crippen LogP contribution in [0, 0.1) is 0 Å². The van der Waals surface area contributed by atoms with Gasteiger partial charge in [-0.2, -0.15) is 0 Å². The Balaban J connectivity index is 1.10. The van der Waals surface area contributed by atoms with Crippen LogP contribution in [0.2, 0.25) is 0 Å². The minimum atomic E-state index is -2.74. The van der Waals surface area contributed by atoms with E-state index in [0.29, 0.717) is 17.5 Å². The quantitative estimate of drug-likeness (QED) is 0.0874. The van der Waals surface area contributed by atoms with Gasteiger partial charge in [-0.05, 0) is 76.3 Å². The molecule has 11 rings (SSSR count). The molecule has 0 atom stereocenters. The largest absolute Gasteiger partial charge is 0.208 e. The topological polar surface area (TPSA) is 38.7 Å². The highest BCUT2D eigenvalue weighted by molar-refractivity contribution is 7.20. The predicted molar refractivity (Wildman–Crippen MR) is 258 cm³/mol. The van der Waals surface area contributed by atoms with Crippen LogP contribution in [0.5, 0.6) is 0 Å². The molecule has 10 aromatic carbocycles. The first-order chi connectivity index (χ1) is 30.2. The zero-order chi connectivity index (χ0) is 40.6. The normalized spacial score (nSPS) is 11.6. The molecule has 0 saturated carbocycles. The number of hydrogen-bond donors (Lipinski definition) is 0. The van der Waals surface area contributed by atoms with Gasteiger partial charge < -0.3 is 0 Å². The average molecular weight is 794 g/mol. The average Bonchev–Trinajstić information content (AvgIpc) is 3.35. The van der Waals surface area contributed by atoms with Crippen molar-refractivity contribution in [2.45, 2.75) is 0 Å². The van der Waals surface area contributed by atoms with Gasteiger partial charge in [0.25, 0.3) is 0 Å². The summed E-state index contributed by atoms with van der Waals surface area (Å²) in [4.78, 5) is 15.0. The molecule has 0 saturated heterocycles. The summed E-state index contributed by atoms with van der Waals surface area (Å²) in [5.41, 5.74) is 5.08. The van der Waals surface area contributed by atoms with Crippen molar-refractivity contribution in [3.05, 3.63) is 237 Å². The Hall–Kier alpha value is -7.79. The maximum absolute atomic E-state index is 5.03. The molecule has 3 nitrogen and oxygen atoms in total. The summed E-state index contributed by atoms with van der Waals surface area (Å²) in [7, 11) is -2.74. The van der Waals surface area contributed by atoms with E-state index in [1.165, 1.54) is 53.1 Å². The standard InChI is InChI=1S/C57H39N3Si/c1-6-19-40(20-7-1)55-58-56(41-21-8-2-9-22-41)60-57(59-55)44-24-18-23-42(37-44)43-33-35-52-53(38-43)50-32-17-16-31-49(50)51-36-34-48(39-54(51)52)61(45-25-10-3-11-26-45,46-27-12-4-13-28-46)47-29-14-5-15-30-47/h1-39H. The van der Waals surface area contributed by atoms with E-state index >= 15 is 0 Å². The molecule has 61 heavy (non-hydrogen) atoms. The summed E-state index contributed by atoms with van der Waals surface area (Å²) in [5.74, 6) is 1.94. The number of benzene rings is 10. The smallest absolute Gasteiger partial charge is 0.179 e. The number of nitrogens with zero attached hydrogens (tertiary/aromatic N) is 3. The molecule has 0 amide bonds. The minimum Gasteiger partial charge on any atom is -0.208 e. The molecule has 0 N–H and O–H groups in total. The minimum absolute atomic E-state index is 0.641. The van der Waals surface area contributed by atoms with Crippen LogP contribution in [-0.2, 0) is 0 Å². The fourth-order valence-corrected chi connectivity index (χ4v) is 14.0. The molecule has 0 aliphatic heterocycles. The Labute approximate surface area is 356 Å². The summed E-state index contributed by atoms with van der Waals surface area (Å²) >= 11 is 0.